The second kappa shape index (κ2) is 6.61. The maximum atomic E-state index is 12.9. The molecule has 1 aromatic carbocycles. The van der Waals surface area contributed by atoms with E-state index in [4.69, 9.17) is 0 Å². The summed E-state index contributed by atoms with van der Waals surface area (Å²) < 4.78 is 1.92. The summed E-state index contributed by atoms with van der Waals surface area (Å²) in [5.41, 5.74) is 1.93. The van der Waals surface area contributed by atoms with Crippen LogP contribution < -0.4 is 0 Å². The van der Waals surface area contributed by atoms with Crippen molar-refractivity contribution in [1.82, 2.24) is 14.7 Å². The first kappa shape index (κ1) is 16.3. The van der Waals surface area contributed by atoms with Gasteiger partial charge in [0.25, 0.3) is 5.91 Å². The summed E-state index contributed by atoms with van der Waals surface area (Å²) in [6.45, 7) is 3.55. The zero-order chi connectivity index (χ0) is 17.4. The number of carbonyl (C=O) groups is 1. The van der Waals surface area contributed by atoms with Crippen LogP contribution in [0, 0.1) is 12.8 Å². The Morgan fingerprint density at radius 3 is 2.92 bits per heavy atom. The lowest BCUT2D eigenvalue weighted by Gasteiger charge is -2.31. The molecule has 25 heavy (non-hydrogen) atoms. The van der Waals surface area contributed by atoms with Gasteiger partial charge in [0.05, 0.1) is 16.3 Å². The quantitative estimate of drug-likeness (QED) is 0.785. The molecular formula is C19H21N3O2S. The van der Waals surface area contributed by atoms with Gasteiger partial charge in [-0.05, 0) is 43.9 Å². The first-order valence-electron chi connectivity index (χ1n) is 8.62. The fourth-order valence-electron chi connectivity index (χ4n) is 3.45. The molecule has 1 atom stereocenters. The van der Waals surface area contributed by atoms with Crippen molar-refractivity contribution in [3.8, 4) is 5.69 Å². The van der Waals surface area contributed by atoms with Gasteiger partial charge in [0.2, 0.25) is 0 Å². The fourth-order valence-corrected chi connectivity index (χ4v) is 4.60. The smallest absolute Gasteiger partial charge is 0.264 e. The Morgan fingerprint density at radius 2 is 2.16 bits per heavy atom. The number of hydrogen-bond acceptors (Lipinski definition) is 4. The van der Waals surface area contributed by atoms with Crippen LogP contribution in [-0.4, -0.2) is 45.4 Å². The minimum atomic E-state index is 0.0679. The van der Waals surface area contributed by atoms with Crippen molar-refractivity contribution in [1.29, 1.82) is 0 Å². The number of likely N-dealkylation sites (tertiary alicyclic amines) is 1. The van der Waals surface area contributed by atoms with Crippen molar-refractivity contribution in [2.75, 3.05) is 19.7 Å². The molecule has 2 aromatic heterocycles. The van der Waals surface area contributed by atoms with Gasteiger partial charge in [-0.3, -0.25) is 4.79 Å². The van der Waals surface area contributed by atoms with Crippen LogP contribution >= 0.6 is 11.3 Å². The third kappa shape index (κ3) is 2.96. The molecule has 0 saturated carbocycles. The lowest BCUT2D eigenvalue weighted by Crippen LogP contribution is -2.40. The molecule has 1 aliphatic rings. The summed E-state index contributed by atoms with van der Waals surface area (Å²) in [5.74, 6) is 0.270. The highest BCUT2D eigenvalue weighted by molar-refractivity contribution is 7.20. The van der Waals surface area contributed by atoms with Gasteiger partial charge < -0.3 is 10.0 Å². The Bertz CT molecular complexity index is 900. The number of benzene rings is 1. The molecule has 3 aromatic rings. The topological polar surface area (TPSA) is 58.4 Å². The number of aliphatic hydroxyl groups is 1. The van der Waals surface area contributed by atoms with Crippen molar-refractivity contribution in [3.63, 3.8) is 0 Å². The van der Waals surface area contributed by atoms with Gasteiger partial charge >= 0.3 is 0 Å². The molecule has 130 valence electrons. The van der Waals surface area contributed by atoms with E-state index in [1.54, 1.807) is 0 Å². The molecule has 1 aliphatic heterocycles. The number of piperidine rings is 1. The molecule has 0 bridgehead atoms. The van der Waals surface area contributed by atoms with Crippen LogP contribution in [0.25, 0.3) is 15.9 Å². The second-order valence-electron chi connectivity index (χ2n) is 6.60. The summed E-state index contributed by atoms with van der Waals surface area (Å²) in [6.07, 6.45) is 1.95. The van der Waals surface area contributed by atoms with Crippen LogP contribution in [0.2, 0.25) is 0 Å². The molecule has 1 N–H and O–H groups in total. The van der Waals surface area contributed by atoms with Gasteiger partial charge in [0.15, 0.2) is 0 Å². The number of carbonyl (C=O) groups excluding carboxylic acids is 1. The minimum absolute atomic E-state index is 0.0679. The van der Waals surface area contributed by atoms with E-state index in [-0.39, 0.29) is 18.4 Å². The van der Waals surface area contributed by atoms with Gasteiger partial charge in [-0.25, -0.2) is 4.68 Å². The normalized spacial score (nSPS) is 18.0. The summed E-state index contributed by atoms with van der Waals surface area (Å²) in [6, 6.07) is 12.0. The van der Waals surface area contributed by atoms with E-state index < -0.39 is 0 Å². The number of fused-ring (bicyclic) bond motifs is 1. The number of para-hydroxylation sites is 1. The Labute approximate surface area is 150 Å². The molecule has 4 rings (SSSR count). The number of aryl methyl sites for hydroxylation is 1. The predicted molar refractivity (Wildman–Crippen MR) is 99.4 cm³/mol. The van der Waals surface area contributed by atoms with E-state index in [0.717, 1.165) is 45.9 Å². The van der Waals surface area contributed by atoms with Crippen molar-refractivity contribution in [3.05, 3.63) is 47.0 Å². The van der Waals surface area contributed by atoms with E-state index >= 15 is 0 Å². The van der Waals surface area contributed by atoms with E-state index in [0.29, 0.717) is 6.54 Å². The predicted octanol–water partition coefficient (Wildman–Crippen LogP) is 3.24. The van der Waals surface area contributed by atoms with Crippen molar-refractivity contribution < 1.29 is 9.90 Å². The fraction of sp³-hybridized carbons (Fsp3) is 0.368. The van der Waals surface area contributed by atoms with Crippen LogP contribution in [0.4, 0.5) is 0 Å². The maximum absolute atomic E-state index is 12.9. The summed E-state index contributed by atoms with van der Waals surface area (Å²) in [5, 5.41) is 15.1. The second-order valence-corrected chi connectivity index (χ2v) is 7.63. The Hall–Kier alpha value is -2.18. The van der Waals surface area contributed by atoms with Crippen molar-refractivity contribution in [2.24, 2.45) is 5.92 Å². The van der Waals surface area contributed by atoms with Gasteiger partial charge in [0.1, 0.15) is 4.83 Å². The number of hydrogen-bond donors (Lipinski definition) is 1. The molecular weight excluding hydrogens is 334 g/mol. The maximum Gasteiger partial charge on any atom is 0.264 e. The van der Waals surface area contributed by atoms with E-state index in [1.165, 1.54) is 11.3 Å². The largest absolute Gasteiger partial charge is 0.396 e. The lowest BCUT2D eigenvalue weighted by atomic mass is 9.99. The third-order valence-corrected chi connectivity index (χ3v) is 5.92. The van der Waals surface area contributed by atoms with Gasteiger partial charge in [-0.2, -0.15) is 5.10 Å². The molecule has 1 unspecified atom stereocenters. The summed E-state index contributed by atoms with van der Waals surface area (Å²) >= 11 is 1.50. The first-order valence-corrected chi connectivity index (χ1v) is 9.43. The summed E-state index contributed by atoms with van der Waals surface area (Å²) in [7, 11) is 0. The molecule has 1 saturated heterocycles. The molecule has 1 amide bonds. The first-order chi connectivity index (χ1) is 12.2. The molecule has 0 spiro atoms. The minimum Gasteiger partial charge on any atom is -0.396 e. The van der Waals surface area contributed by atoms with Crippen LogP contribution in [0.1, 0.15) is 28.2 Å². The zero-order valence-corrected chi connectivity index (χ0v) is 15.0. The highest BCUT2D eigenvalue weighted by Gasteiger charge is 2.26. The van der Waals surface area contributed by atoms with E-state index in [2.05, 4.69) is 5.10 Å². The highest BCUT2D eigenvalue weighted by atomic mass is 32.1. The average molecular weight is 355 g/mol. The number of nitrogens with zero attached hydrogens (tertiary/aromatic N) is 3. The number of amides is 1. The molecule has 0 aliphatic carbocycles. The van der Waals surface area contributed by atoms with E-state index in [9.17, 15) is 9.90 Å². The van der Waals surface area contributed by atoms with E-state index in [1.807, 2.05) is 52.9 Å². The molecule has 3 heterocycles. The number of rotatable bonds is 3. The van der Waals surface area contributed by atoms with Crippen LogP contribution in [0.15, 0.2) is 36.4 Å². The molecule has 6 heteroatoms. The Morgan fingerprint density at radius 1 is 1.36 bits per heavy atom. The lowest BCUT2D eigenvalue weighted by molar-refractivity contribution is 0.0625. The number of thiophene rings is 1. The van der Waals surface area contributed by atoms with Gasteiger partial charge in [0, 0.05) is 25.1 Å². The average Bonchev–Trinajstić information content (AvgIpc) is 3.22. The number of aliphatic hydroxyl groups excluding tert-OH is 1. The SMILES string of the molecule is Cc1nn(-c2ccccc2)c2sc(C(=O)N3CCCC(CO)C3)cc12. The standard InChI is InChI=1S/C19H21N3O2S/c1-13-16-10-17(18(24)21-9-5-6-14(11-21)12-23)25-19(16)22(20-13)15-7-3-2-4-8-15/h2-4,7-8,10,14,23H,5-6,9,11-12H2,1H3. The van der Waals surface area contributed by atoms with Crippen LogP contribution in [0.3, 0.4) is 0 Å². The summed E-state index contributed by atoms with van der Waals surface area (Å²) in [4.78, 5) is 16.5. The third-order valence-electron chi connectivity index (χ3n) is 4.82. The van der Waals surface area contributed by atoms with Crippen molar-refractivity contribution >= 4 is 27.5 Å². The number of aromatic nitrogens is 2. The zero-order valence-electron chi connectivity index (χ0n) is 14.2. The van der Waals surface area contributed by atoms with Crippen LogP contribution in [-0.2, 0) is 0 Å². The monoisotopic (exact) mass is 355 g/mol. The Kier molecular flexibility index (Phi) is 4.31. The van der Waals surface area contributed by atoms with Gasteiger partial charge in [-0.15, -0.1) is 11.3 Å². The van der Waals surface area contributed by atoms with Crippen LogP contribution in [0.5, 0.6) is 0 Å². The molecule has 5 nitrogen and oxygen atoms in total. The van der Waals surface area contributed by atoms with Crippen molar-refractivity contribution in [2.45, 2.75) is 19.8 Å². The molecule has 1 fully saturated rings. The van der Waals surface area contributed by atoms with Gasteiger partial charge in [-0.1, -0.05) is 18.2 Å². The molecule has 0 radical (unpaired) electrons. The Balaban J connectivity index is 1.69. The highest BCUT2D eigenvalue weighted by Crippen LogP contribution is 2.31.